The SMILES string of the molecule is CCc1nc(C2CSCCS2)nc(Cl)c1C. The minimum atomic E-state index is 0.419. The van der Waals surface area contributed by atoms with Crippen molar-refractivity contribution in [2.75, 3.05) is 17.3 Å². The standard InChI is InChI=1S/C11H15ClN2S2/c1-3-8-7(2)10(12)14-11(13-8)9-6-15-4-5-16-9/h9H,3-6H2,1-2H3. The zero-order valence-electron chi connectivity index (χ0n) is 9.49. The lowest BCUT2D eigenvalue weighted by Gasteiger charge is -2.20. The maximum absolute atomic E-state index is 6.15. The van der Waals surface area contributed by atoms with Crippen molar-refractivity contribution < 1.29 is 0 Å². The summed E-state index contributed by atoms with van der Waals surface area (Å²) in [6.45, 7) is 4.10. The molecule has 1 aromatic heterocycles. The first-order valence-corrected chi connectivity index (χ1v) is 8.02. The fourth-order valence-electron chi connectivity index (χ4n) is 1.68. The Morgan fingerprint density at radius 1 is 1.38 bits per heavy atom. The van der Waals surface area contributed by atoms with Crippen LogP contribution in [-0.4, -0.2) is 27.2 Å². The minimum absolute atomic E-state index is 0.419. The minimum Gasteiger partial charge on any atom is -0.236 e. The molecule has 5 heteroatoms. The molecule has 0 amide bonds. The lowest BCUT2D eigenvalue weighted by atomic mass is 10.2. The molecule has 0 spiro atoms. The average molecular weight is 275 g/mol. The Hall–Kier alpha value is 0.0700. The Balaban J connectivity index is 2.29. The highest BCUT2D eigenvalue weighted by atomic mass is 35.5. The molecule has 2 rings (SSSR count). The number of halogens is 1. The summed E-state index contributed by atoms with van der Waals surface area (Å²) in [6, 6.07) is 0. The van der Waals surface area contributed by atoms with E-state index < -0.39 is 0 Å². The molecule has 0 aliphatic carbocycles. The third kappa shape index (κ3) is 2.66. The van der Waals surface area contributed by atoms with E-state index in [-0.39, 0.29) is 0 Å². The summed E-state index contributed by atoms with van der Waals surface area (Å²) >= 11 is 10.1. The smallest absolute Gasteiger partial charge is 0.144 e. The van der Waals surface area contributed by atoms with Gasteiger partial charge in [0.25, 0.3) is 0 Å². The molecular weight excluding hydrogens is 260 g/mol. The van der Waals surface area contributed by atoms with Crippen LogP contribution in [0.5, 0.6) is 0 Å². The van der Waals surface area contributed by atoms with Crippen LogP contribution in [0.25, 0.3) is 0 Å². The summed E-state index contributed by atoms with van der Waals surface area (Å²) in [5.74, 6) is 4.45. The van der Waals surface area contributed by atoms with Gasteiger partial charge in [-0.25, -0.2) is 9.97 Å². The highest BCUT2D eigenvalue weighted by molar-refractivity contribution is 8.06. The van der Waals surface area contributed by atoms with Crippen LogP contribution in [0, 0.1) is 6.92 Å². The van der Waals surface area contributed by atoms with E-state index in [4.69, 9.17) is 11.6 Å². The van der Waals surface area contributed by atoms with Crippen molar-refractivity contribution in [3.63, 3.8) is 0 Å². The van der Waals surface area contributed by atoms with Crippen molar-refractivity contribution in [3.8, 4) is 0 Å². The van der Waals surface area contributed by atoms with Gasteiger partial charge < -0.3 is 0 Å². The summed E-state index contributed by atoms with van der Waals surface area (Å²) in [7, 11) is 0. The van der Waals surface area contributed by atoms with E-state index in [0.29, 0.717) is 10.4 Å². The first-order chi connectivity index (χ1) is 7.72. The molecule has 1 unspecified atom stereocenters. The van der Waals surface area contributed by atoms with E-state index in [1.807, 2.05) is 30.4 Å². The molecule has 88 valence electrons. The second kappa shape index (κ2) is 5.61. The molecule has 2 heterocycles. The molecule has 0 saturated carbocycles. The van der Waals surface area contributed by atoms with Crippen LogP contribution in [0.4, 0.5) is 0 Å². The predicted molar refractivity (Wildman–Crippen MR) is 73.7 cm³/mol. The molecule has 1 aliphatic heterocycles. The molecule has 0 N–H and O–H groups in total. The van der Waals surface area contributed by atoms with E-state index in [0.717, 1.165) is 29.3 Å². The topological polar surface area (TPSA) is 25.8 Å². The van der Waals surface area contributed by atoms with Gasteiger partial charge in [-0.3, -0.25) is 0 Å². The number of aromatic nitrogens is 2. The predicted octanol–water partition coefficient (Wildman–Crippen LogP) is 3.52. The highest BCUT2D eigenvalue weighted by Crippen LogP contribution is 2.35. The molecule has 1 atom stereocenters. The fourth-order valence-corrected chi connectivity index (χ4v) is 4.47. The van der Waals surface area contributed by atoms with Gasteiger partial charge in [0.15, 0.2) is 0 Å². The maximum Gasteiger partial charge on any atom is 0.144 e. The van der Waals surface area contributed by atoms with E-state index in [9.17, 15) is 0 Å². The third-order valence-corrected chi connectivity index (χ3v) is 5.76. The van der Waals surface area contributed by atoms with E-state index >= 15 is 0 Å². The zero-order valence-corrected chi connectivity index (χ0v) is 11.9. The van der Waals surface area contributed by atoms with Crippen LogP contribution >= 0.6 is 35.1 Å². The Kier molecular flexibility index (Phi) is 4.39. The van der Waals surface area contributed by atoms with Crippen molar-refractivity contribution >= 4 is 35.1 Å². The second-order valence-corrected chi connectivity index (χ2v) is 6.55. The summed E-state index contributed by atoms with van der Waals surface area (Å²) in [5, 5.41) is 1.04. The van der Waals surface area contributed by atoms with Crippen molar-refractivity contribution in [2.24, 2.45) is 0 Å². The molecule has 1 saturated heterocycles. The Bertz CT molecular complexity index is 378. The van der Waals surface area contributed by atoms with Crippen LogP contribution in [0.2, 0.25) is 5.15 Å². The number of rotatable bonds is 2. The van der Waals surface area contributed by atoms with Crippen molar-refractivity contribution in [2.45, 2.75) is 25.5 Å². The lowest BCUT2D eigenvalue weighted by molar-refractivity contribution is 0.864. The number of aryl methyl sites for hydroxylation is 1. The molecule has 16 heavy (non-hydrogen) atoms. The van der Waals surface area contributed by atoms with Crippen molar-refractivity contribution in [3.05, 3.63) is 22.2 Å². The van der Waals surface area contributed by atoms with Gasteiger partial charge in [-0.1, -0.05) is 18.5 Å². The van der Waals surface area contributed by atoms with E-state index in [2.05, 4.69) is 16.9 Å². The Morgan fingerprint density at radius 3 is 2.81 bits per heavy atom. The molecule has 1 fully saturated rings. The monoisotopic (exact) mass is 274 g/mol. The first-order valence-electron chi connectivity index (χ1n) is 5.44. The summed E-state index contributed by atoms with van der Waals surface area (Å²) in [4.78, 5) is 9.07. The van der Waals surface area contributed by atoms with Gasteiger partial charge in [-0.2, -0.15) is 11.8 Å². The van der Waals surface area contributed by atoms with Gasteiger partial charge in [-0.05, 0) is 13.3 Å². The Morgan fingerprint density at radius 2 is 2.19 bits per heavy atom. The molecule has 1 aliphatic rings. The lowest BCUT2D eigenvalue weighted by Crippen LogP contribution is -2.12. The molecular formula is C11H15ClN2S2. The number of thioether (sulfide) groups is 2. The van der Waals surface area contributed by atoms with Crippen molar-refractivity contribution in [1.82, 2.24) is 9.97 Å². The van der Waals surface area contributed by atoms with Gasteiger partial charge in [0.2, 0.25) is 0 Å². The molecule has 0 radical (unpaired) electrons. The highest BCUT2D eigenvalue weighted by Gasteiger charge is 2.21. The summed E-state index contributed by atoms with van der Waals surface area (Å²) in [6.07, 6.45) is 0.922. The summed E-state index contributed by atoms with van der Waals surface area (Å²) in [5.41, 5.74) is 2.12. The number of hydrogen-bond donors (Lipinski definition) is 0. The molecule has 1 aromatic rings. The van der Waals surface area contributed by atoms with Crippen LogP contribution in [-0.2, 0) is 6.42 Å². The second-order valence-electron chi connectivity index (χ2n) is 3.73. The largest absolute Gasteiger partial charge is 0.236 e. The van der Waals surface area contributed by atoms with Gasteiger partial charge in [-0.15, -0.1) is 11.8 Å². The fraction of sp³-hybridized carbons (Fsp3) is 0.636. The van der Waals surface area contributed by atoms with Crippen LogP contribution in [0.15, 0.2) is 0 Å². The summed E-state index contributed by atoms with van der Waals surface area (Å²) < 4.78 is 0. The molecule has 0 aromatic carbocycles. The van der Waals surface area contributed by atoms with Crippen LogP contribution in [0.3, 0.4) is 0 Å². The quantitative estimate of drug-likeness (QED) is 0.771. The molecule has 2 nitrogen and oxygen atoms in total. The van der Waals surface area contributed by atoms with E-state index in [1.54, 1.807) is 0 Å². The number of nitrogens with zero attached hydrogens (tertiary/aromatic N) is 2. The molecule has 0 bridgehead atoms. The van der Waals surface area contributed by atoms with Gasteiger partial charge in [0, 0.05) is 28.5 Å². The third-order valence-electron chi connectivity index (χ3n) is 2.64. The maximum atomic E-state index is 6.15. The van der Waals surface area contributed by atoms with E-state index in [1.165, 1.54) is 11.5 Å². The Labute approximate surface area is 110 Å². The van der Waals surface area contributed by atoms with Crippen LogP contribution < -0.4 is 0 Å². The van der Waals surface area contributed by atoms with Gasteiger partial charge in [0.05, 0.1) is 5.25 Å². The normalized spacial score (nSPS) is 21.1. The number of hydrogen-bond acceptors (Lipinski definition) is 4. The first kappa shape index (κ1) is 12.5. The van der Waals surface area contributed by atoms with Gasteiger partial charge >= 0.3 is 0 Å². The van der Waals surface area contributed by atoms with Crippen LogP contribution in [0.1, 0.15) is 29.3 Å². The zero-order chi connectivity index (χ0) is 11.5. The van der Waals surface area contributed by atoms with Gasteiger partial charge in [0.1, 0.15) is 11.0 Å². The van der Waals surface area contributed by atoms with Crippen molar-refractivity contribution in [1.29, 1.82) is 0 Å². The average Bonchev–Trinajstić information content (AvgIpc) is 2.33.